The lowest BCUT2D eigenvalue weighted by Crippen LogP contribution is -2.26. The molecule has 39 heavy (non-hydrogen) atoms. The summed E-state index contributed by atoms with van der Waals surface area (Å²) in [5.74, 6) is -0.651. The Bertz CT molecular complexity index is 1530. The summed E-state index contributed by atoms with van der Waals surface area (Å²) in [6.45, 7) is 0.415. The van der Waals surface area contributed by atoms with Gasteiger partial charge in [-0.25, -0.2) is 4.98 Å². The normalized spacial score (nSPS) is 13.2. The Hall–Kier alpha value is -4.61. The SMILES string of the molecule is COc1ncc(-c2ccc3c(C(=O)NCC4CC4)n[nH]c3c2)cc1C(=O)NCc1ccccc1OC(F)(F)F. The highest BCUT2D eigenvalue weighted by Gasteiger charge is 2.32. The van der Waals surface area contributed by atoms with E-state index in [0.29, 0.717) is 40.2 Å². The number of fused-ring (bicyclic) bond motifs is 1. The minimum atomic E-state index is -4.86. The number of aromatic nitrogens is 3. The van der Waals surface area contributed by atoms with Crippen molar-refractivity contribution in [1.29, 1.82) is 0 Å². The molecule has 0 aliphatic heterocycles. The predicted octanol–water partition coefficient (Wildman–Crippen LogP) is 4.60. The lowest BCUT2D eigenvalue weighted by Gasteiger charge is -2.14. The van der Waals surface area contributed by atoms with Gasteiger partial charge in [-0.2, -0.15) is 5.10 Å². The monoisotopic (exact) mass is 539 g/mol. The molecule has 0 radical (unpaired) electrons. The third-order valence-electron chi connectivity index (χ3n) is 6.29. The van der Waals surface area contributed by atoms with E-state index in [1.54, 1.807) is 30.3 Å². The van der Waals surface area contributed by atoms with E-state index < -0.39 is 18.0 Å². The van der Waals surface area contributed by atoms with Crippen LogP contribution in [-0.4, -0.2) is 47.0 Å². The summed E-state index contributed by atoms with van der Waals surface area (Å²) in [5.41, 5.74) is 2.45. The maximum absolute atomic E-state index is 13.0. The van der Waals surface area contributed by atoms with Gasteiger partial charge >= 0.3 is 6.36 Å². The number of para-hydroxylation sites is 1. The van der Waals surface area contributed by atoms with Crippen LogP contribution < -0.4 is 20.1 Å². The second-order valence-corrected chi connectivity index (χ2v) is 9.11. The van der Waals surface area contributed by atoms with Crippen LogP contribution in [0.5, 0.6) is 11.6 Å². The van der Waals surface area contributed by atoms with Crippen LogP contribution in [0, 0.1) is 5.92 Å². The number of nitrogens with zero attached hydrogens (tertiary/aromatic N) is 2. The topological polar surface area (TPSA) is 118 Å². The van der Waals surface area contributed by atoms with Gasteiger partial charge in [0.2, 0.25) is 5.88 Å². The highest BCUT2D eigenvalue weighted by atomic mass is 19.4. The van der Waals surface area contributed by atoms with Crippen LogP contribution in [0.15, 0.2) is 54.7 Å². The number of carbonyl (C=O) groups excluding carboxylic acids is 2. The van der Waals surface area contributed by atoms with Crippen LogP contribution in [0.2, 0.25) is 0 Å². The summed E-state index contributed by atoms with van der Waals surface area (Å²) in [7, 11) is 1.36. The van der Waals surface area contributed by atoms with Crippen molar-refractivity contribution in [3.8, 4) is 22.8 Å². The molecule has 0 spiro atoms. The van der Waals surface area contributed by atoms with Crippen LogP contribution in [0.4, 0.5) is 13.2 Å². The fourth-order valence-corrected chi connectivity index (χ4v) is 4.10. The molecular formula is C27H24F3N5O4. The Labute approximate surface area is 220 Å². The number of pyridine rings is 1. The highest BCUT2D eigenvalue weighted by molar-refractivity contribution is 6.05. The summed E-state index contributed by atoms with van der Waals surface area (Å²) >= 11 is 0. The molecule has 2 heterocycles. The lowest BCUT2D eigenvalue weighted by molar-refractivity contribution is -0.274. The second kappa shape index (κ2) is 10.6. The first-order valence-electron chi connectivity index (χ1n) is 12.1. The van der Waals surface area contributed by atoms with E-state index in [4.69, 9.17) is 4.74 Å². The third-order valence-corrected chi connectivity index (χ3v) is 6.29. The van der Waals surface area contributed by atoms with Gasteiger partial charge < -0.3 is 20.1 Å². The zero-order valence-electron chi connectivity index (χ0n) is 20.8. The molecule has 4 aromatic rings. The molecular weight excluding hydrogens is 515 g/mol. The van der Waals surface area contributed by atoms with Gasteiger partial charge in [0, 0.05) is 35.8 Å². The number of hydrogen-bond acceptors (Lipinski definition) is 6. The van der Waals surface area contributed by atoms with Crippen molar-refractivity contribution in [2.24, 2.45) is 5.92 Å². The van der Waals surface area contributed by atoms with Crippen molar-refractivity contribution >= 4 is 22.7 Å². The van der Waals surface area contributed by atoms with E-state index >= 15 is 0 Å². The van der Waals surface area contributed by atoms with E-state index in [-0.39, 0.29) is 29.5 Å². The third kappa shape index (κ3) is 6.11. The summed E-state index contributed by atoms with van der Waals surface area (Å²) < 4.78 is 47.5. The van der Waals surface area contributed by atoms with Gasteiger partial charge in [-0.05, 0) is 48.6 Å². The molecule has 1 aliphatic rings. The minimum absolute atomic E-state index is 0.0494. The van der Waals surface area contributed by atoms with Crippen molar-refractivity contribution in [3.05, 3.63) is 71.5 Å². The van der Waals surface area contributed by atoms with Gasteiger partial charge in [-0.1, -0.05) is 24.3 Å². The van der Waals surface area contributed by atoms with Crippen LogP contribution in [0.1, 0.15) is 39.3 Å². The summed E-state index contributed by atoms with van der Waals surface area (Å²) in [5, 5.41) is 13.2. The number of ether oxygens (including phenoxy) is 2. The number of amides is 2. The van der Waals surface area contributed by atoms with Gasteiger partial charge in [-0.15, -0.1) is 13.2 Å². The largest absolute Gasteiger partial charge is 0.573 e. The van der Waals surface area contributed by atoms with E-state index in [2.05, 4.69) is 30.6 Å². The Morgan fingerprint density at radius 2 is 1.85 bits per heavy atom. The zero-order chi connectivity index (χ0) is 27.6. The highest BCUT2D eigenvalue weighted by Crippen LogP contribution is 2.30. The number of H-pyrrole nitrogens is 1. The van der Waals surface area contributed by atoms with E-state index in [0.717, 1.165) is 12.8 Å². The predicted molar refractivity (Wildman–Crippen MR) is 135 cm³/mol. The maximum atomic E-state index is 13.0. The molecule has 202 valence electrons. The summed E-state index contributed by atoms with van der Waals surface area (Å²) in [4.78, 5) is 29.8. The molecule has 2 amide bonds. The van der Waals surface area contributed by atoms with E-state index in [1.165, 1.54) is 31.5 Å². The quantitative estimate of drug-likeness (QED) is 0.286. The van der Waals surface area contributed by atoms with Crippen molar-refractivity contribution < 1.29 is 32.2 Å². The average molecular weight is 540 g/mol. The van der Waals surface area contributed by atoms with E-state index in [1.807, 2.05) is 0 Å². The number of nitrogens with one attached hydrogen (secondary N) is 3. The van der Waals surface area contributed by atoms with Crippen molar-refractivity contribution in [2.45, 2.75) is 25.7 Å². The Balaban J connectivity index is 1.35. The Morgan fingerprint density at radius 3 is 2.59 bits per heavy atom. The molecule has 0 atom stereocenters. The van der Waals surface area contributed by atoms with Gasteiger partial charge in [0.05, 0.1) is 12.6 Å². The molecule has 0 unspecified atom stereocenters. The number of hydrogen-bond donors (Lipinski definition) is 3. The number of benzene rings is 2. The molecule has 12 heteroatoms. The van der Waals surface area contributed by atoms with Crippen LogP contribution in [0.25, 0.3) is 22.0 Å². The summed E-state index contributed by atoms with van der Waals surface area (Å²) in [6, 6.07) is 12.5. The molecule has 0 bridgehead atoms. The van der Waals surface area contributed by atoms with Crippen LogP contribution in [0.3, 0.4) is 0 Å². The molecule has 1 aliphatic carbocycles. The molecule has 3 N–H and O–H groups in total. The number of rotatable bonds is 9. The average Bonchev–Trinajstić information content (AvgIpc) is 3.66. The fraction of sp³-hybridized carbons (Fsp3) is 0.259. The molecule has 1 fully saturated rings. The first-order chi connectivity index (χ1) is 18.7. The van der Waals surface area contributed by atoms with Crippen molar-refractivity contribution in [2.75, 3.05) is 13.7 Å². The van der Waals surface area contributed by atoms with Crippen LogP contribution >= 0.6 is 0 Å². The second-order valence-electron chi connectivity index (χ2n) is 9.11. The minimum Gasteiger partial charge on any atom is -0.480 e. The molecule has 2 aromatic heterocycles. The first-order valence-corrected chi connectivity index (χ1v) is 12.1. The van der Waals surface area contributed by atoms with Crippen molar-refractivity contribution in [3.63, 3.8) is 0 Å². The number of alkyl halides is 3. The Kier molecular flexibility index (Phi) is 7.09. The van der Waals surface area contributed by atoms with E-state index in [9.17, 15) is 22.8 Å². The van der Waals surface area contributed by atoms with Crippen LogP contribution in [-0.2, 0) is 6.54 Å². The molecule has 5 rings (SSSR count). The number of aromatic amines is 1. The summed E-state index contributed by atoms with van der Waals surface area (Å²) in [6.07, 6.45) is -1.08. The van der Waals surface area contributed by atoms with Crippen molar-refractivity contribution in [1.82, 2.24) is 25.8 Å². The number of methoxy groups -OCH3 is 1. The smallest absolute Gasteiger partial charge is 0.480 e. The molecule has 9 nitrogen and oxygen atoms in total. The van der Waals surface area contributed by atoms with Gasteiger partial charge in [-0.3, -0.25) is 14.7 Å². The first kappa shape index (κ1) is 26.0. The van der Waals surface area contributed by atoms with Gasteiger partial charge in [0.25, 0.3) is 11.8 Å². The standard InChI is InChI=1S/C27H24F3N5O4/c1-38-26-20(24(36)32-13-17-4-2-3-5-22(17)39-27(28,29)30)10-18(14-33-26)16-8-9-19-21(11-16)34-35-23(19)25(37)31-12-15-6-7-15/h2-5,8-11,14-15H,6-7,12-13H2,1H3,(H,31,37)(H,32,36)(H,34,35). The molecule has 0 saturated heterocycles. The van der Waals surface area contributed by atoms with Gasteiger partial charge in [0.1, 0.15) is 11.3 Å². The lowest BCUT2D eigenvalue weighted by atomic mass is 10.0. The zero-order valence-corrected chi connectivity index (χ0v) is 20.8. The van der Waals surface area contributed by atoms with Gasteiger partial charge in [0.15, 0.2) is 5.69 Å². The molecule has 1 saturated carbocycles. The Morgan fingerprint density at radius 1 is 1.05 bits per heavy atom. The number of halogens is 3. The molecule has 2 aromatic carbocycles. The number of carbonyl (C=O) groups is 2. The maximum Gasteiger partial charge on any atom is 0.573 e. The fourth-order valence-electron chi connectivity index (χ4n) is 4.10.